The predicted molar refractivity (Wildman–Crippen MR) is 112 cm³/mol. The van der Waals surface area contributed by atoms with Crippen molar-refractivity contribution in [3.63, 3.8) is 0 Å². The summed E-state index contributed by atoms with van der Waals surface area (Å²) < 4.78 is 5.10. The Hall–Kier alpha value is -1.47. The van der Waals surface area contributed by atoms with Gasteiger partial charge in [0.15, 0.2) is 0 Å². The smallest absolute Gasteiger partial charge is 0.307 e. The van der Waals surface area contributed by atoms with Gasteiger partial charge in [-0.15, -0.1) is 0 Å². The number of carbonyl (C=O) groups is 1. The van der Waals surface area contributed by atoms with Crippen LogP contribution in [0.1, 0.15) is 50.6 Å². The topological polar surface area (TPSA) is 88.4 Å². The lowest BCUT2D eigenvalue weighted by atomic mass is 10.0. The molecule has 0 aliphatic heterocycles. The lowest BCUT2D eigenvalue weighted by Crippen LogP contribution is -2.28. The number of hydrogen-bond acceptors (Lipinski definition) is 6. The third kappa shape index (κ3) is 12.5. The van der Waals surface area contributed by atoms with E-state index >= 15 is 0 Å². The van der Waals surface area contributed by atoms with Crippen molar-refractivity contribution in [3.05, 3.63) is 35.9 Å². The van der Waals surface area contributed by atoms with Crippen LogP contribution in [0.25, 0.3) is 0 Å². The summed E-state index contributed by atoms with van der Waals surface area (Å²) >= 11 is 0. The van der Waals surface area contributed by atoms with Crippen LogP contribution in [0.3, 0.4) is 0 Å². The third-order valence-corrected chi connectivity index (χ3v) is 4.31. The Morgan fingerprint density at radius 2 is 1.59 bits per heavy atom. The molecule has 0 saturated heterocycles. The number of unbranched alkanes of at least 4 members (excludes halogenated alkanes) is 1. The van der Waals surface area contributed by atoms with Crippen LogP contribution in [-0.4, -0.2) is 51.8 Å². The fraction of sp³-hybridized carbons (Fsp3) is 0.667. The molecule has 0 heterocycles. The van der Waals surface area contributed by atoms with Crippen LogP contribution in [0.5, 0.6) is 0 Å². The molecule has 0 spiro atoms. The van der Waals surface area contributed by atoms with Gasteiger partial charge in [0.25, 0.3) is 0 Å². The summed E-state index contributed by atoms with van der Waals surface area (Å²) in [6.45, 7) is 8.00. The number of ether oxygens (including phenoxy) is 1. The molecule has 0 unspecified atom stereocenters. The Morgan fingerprint density at radius 3 is 2.22 bits per heavy atom. The predicted octanol–water partition coefficient (Wildman–Crippen LogP) is 1.97. The highest BCUT2D eigenvalue weighted by Gasteiger charge is 2.15. The summed E-state index contributed by atoms with van der Waals surface area (Å²) in [6, 6.07) is 10.1. The van der Waals surface area contributed by atoms with Crippen LogP contribution in [0.4, 0.5) is 0 Å². The molecular formula is C21H38N4O2. The summed E-state index contributed by atoms with van der Waals surface area (Å²) in [6.07, 6.45) is 4.80. The zero-order chi connectivity index (χ0) is 19.6. The summed E-state index contributed by atoms with van der Waals surface area (Å²) in [4.78, 5) is 11.9. The first-order valence-corrected chi connectivity index (χ1v) is 10.3. The van der Waals surface area contributed by atoms with Crippen LogP contribution >= 0.6 is 0 Å². The van der Waals surface area contributed by atoms with Gasteiger partial charge >= 0.3 is 5.97 Å². The lowest BCUT2D eigenvalue weighted by Gasteiger charge is -2.18. The van der Waals surface area contributed by atoms with Crippen LogP contribution < -0.4 is 21.7 Å². The number of benzene rings is 1. The van der Waals surface area contributed by atoms with E-state index in [0.29, 0.717) is 13.0 Å². The van der Waals surface area contributed by atoms with Crippen LogP contribution in [0, 0.1) is 0 Å². The van der Waals surface area contributed by atoms with E-state index in [0.717, 1.165) is 57.7 Å². The maximum Gasteiger partial charge on any atom is 0.307 e. The quantitative estimate of drug-likeness (QED) is 0.245. The fourth-order valence-corrected chi connectivity index (χ4v) is 2.85. The van der Waals surface area contributed by atoms with Gasteiger partial charge in [0.2, 0.25) is 0 Å². The molecule has 27 heavy (non-hydrogen) atoms. The van der Waals surface area contributed by atoms with Gasteiger partial charge in [-0.3, -0.25) is 4.79 Å². The van der Waals surface area contributed by atoms with Crippen molar-refractivity contribution in [1.82, 2.24) is 16.0 Å². The Bertz CT molecular complexity index is 471. The minimum Gasteiger partial charge on any atom is -0.466 e. The fourth-order valence-electron chi connectivity index (χ4n) is 2.85. The van der Waals surface area contributed by atoms with Gasteiger partial charge in [-0.25, -0.2) is 0 Å². The molecule has 0 fully saturated rings. The minimum atomic E-state index is -0.156. The van der Waals surface area contributed by atoms with Gasteiger partial charge in [0.05, 0.1) is 13.0 Å². The number of hydrogen-bond donors (Lipinski definition) is 4. The molecule has 0 saturated carbocycles. The summed E-state index contributed by atoms with van der Waals surface area (Å²) in [5, 5.41) is 10.4. The average Bonchev–Trinajstić information content (AvgIpc) is 2.69. The van der Waals surface area contributed by atoms with E-state index in [1.807, 2.05) is 25.1 Å². The van der Waals surface area contributed by atoms with Crippen molar-refractivity contribution >= 4 is 5.97 Å². The molecule has 5 N–H and O–H groups in total. The molecule has 0 amide bonds. The van der Waals surface area contributed by atoms with Crippen molar-refractivity contribution in [2.24, 2.45) is 5.73 Å². The van der Waals surface area contributed by atoms with Gasteiger partial charge in [0, 0.05) is 6.04 Å². The first-order chi connectivity index (χ1) is 13.3. The van der Waals surface area contributed by atoms with E-state index in [4.69, 9.17) is 10.5 Å². The molecule has 1 aromatic carbocycles. The maximum atomic E-state index is 11.9. The number of rotatable bonds is 17. The third-order valence-electron chi connectivity index (χ3n) is 4.31. The zero-order valence-corrected chi connectivity index (χ0v) is 16.8. The highest BCUT2D eigenvalue weighted by Crippen LogP contribution is 2.17. The second-order valence-electron chi connectivity index (χ2n) is 6.63. The second kappa shape index (κ2) is 16.7. The molecule has 154 valence electrons. The Morgan fingerprint density at radius 1 is 0.963 bits per heavy atom. The molecular weight excluding hydrogens is 340 g/mol. The van der Waals surface area contributed by atoms with Gasteiger partial charge in [-0.1, -0.05) is 30.3 Å². The molecule has 6 nitrogen and oxygen atoms in total. The highest BCUT2D eigenvalue weighted by molar-refractivity contribution is 5.70. The second-order valence-corrected chi connectivity index (χ2v) is 6.63. The van der Waals surface area contributed by atoms with E-state index < -0.39 is 0 Å². The normalized spacial score (nSPS) is 12.1. The van der Waals surface area contributed by atoms with Crippen molar-refractivity contribution in [2.75, 3.05) is 45.9 Å². The lowest BCUT2D eigenvalue weighted by molar-refractivity contribution is -0.143. The molecule has 0 radical (unpaired) electrons. The van der Waals surface area contributed by atoms with E-state index in [1.165, 1.54) is 12.8 Å². The Labute approximate surface area is 164 Å². The SMILES string of the molecule is CCOC(=O)C[C@H](NCCCNCCCCNCCCN)c1ccccc1. The largest absolute Gasteiger partial charge is 0.466 e. The summed E-state index contributed by atoms with van der Waals surface area (Å²) in [5.74, 6) is -0.156. The van der Waals surface area contributed by atoms with Gasteiger partial charge in [-0.2, -0.15) is 0 Å². The molecule has 1 aromatic rings. The number of nitrogens with one attached hydrogen (secondary N) is 3. The van der Waals surface area contributed by atoms with E-state index in [9.17, 15) is 4.79 Å². The summed E-state index contributed by atoms with van der Waals surface area (Å²) in [5.41, 5.74) is 6.59. The van der Waals surface area contributed by atoms with Crippen molar-refractivity contribution in [3.8, 4) is 0 Å². The molecule has 6 heteroatoms. The Kier molecular flexibility index (Phi) is 14.6. The number of esters is 1. The van der Waals surface area contributed by atoms with Crippen molar-refractivity contribution in [1.29, 1.82) is 0 Å². The highest BCUT2D eigenvalue weighted by atomic mass is 16.5. The minimum absolute atomic E-state index is 0.00449. The van der Waals surface area contributed by atoms with Gasteiger partial charge in [0.1, 0.15) is 0 Å². The van der Waals surface area contributed by atoms with E-state index in [-0.39, 0.29) is 12.0 Å². The standard InChI is InChI=1S/C21H38N4O2/c1-2-27-21(26)18-20(19-10-4-3-5-11-19)25-17-9-16-24-14-7-6-13-23-15-8-12-22/h3-5,10-11,20,23-25H,2,6-9,12-18,22H2,1H3/t20-/m0/s1. The van der Waals surface area contributed by atoms with Gasteiger partial charge in [-0.05, 0) is 77.4 Å². The number of carbonyl (C=O) groups excluding carboxylic acids is 1. The molecule has 0 bridgehead atoms. The van der Waals surface area contributed by atoms with Crippen molar-refractivity contribution in [2.45, 2.75) is 45.1 Å². The van der Waals surface area contributed by atoms with Crippen LogP contribution in [0.2, 0.25) is 0 Å². The monoisotopic (exact) mass is 378 g/mol. The number of nitrogens with two attached hydrogens (primary N) is 1. The summed E-state index contributed by atoms with van der Waals surface area (Å²) in [7, 11) is 0. The zero-order valence-electron chi connectivity index (χ0n) is 16.8. The van der Waals surface area contributed by atoms with Crippen molar-refractivity contribution < 1.29 is 9.53 Å². The molecule has 0 aromatic heterocycles. The van der Waals surface area contributed by atoms with Gasteiger partial charge < -0.3 is 26.4 Å². The van der Waals surface area contributed by atoms with Crippen LogP contribution in [0.15, 0.2) is 30.3 Å². The van der Waals surface area contributed by atoms with Crippen LogP contribution in [-0.2, 0) is 9.53 Å². The first kappa shape index (κ1) is 23.6. The average molecular weight is 379 g/mol. The molecule has 0 aliphatic rings. The maximum absolute atomic E-state index is 11.9. The Balaban J connectivity index is 2.12. The first-order valence-electron chi connectivity index (χ1n) is 10.3. The molecule has 1 rings (SSSR count). The molecule has 1 atom stereocenters. The van der Waals surface area contributed by atoms with E-state index in [2.05, 4.69) is 28.1 Å². The van der Waals surface area contributed by atoms with E-state index in [1.54, 1.807) is 0 Å². The molecule has 0 aliphatic carbocycles.